The molecule has 0 saturated carbocycles. The van der Waals surface area contributed by atoms with Gasteiger partial charge in [0.1, 0.15) is 17.3 Å². The van der Waals surface area contributed by atoms with Crippen LogP contribution in [0.5, 0.6) is 0 Å². The van der Waals surface area contributed by atoms with Crippen LogP contribution in [0.1, 0.15) is 5.56 Å². The summed E-state index contributed by atoms with van der Waals surface area (Å²) in [5.41, 5.74) is 1.11. The summed E-state index contributed by atoms with van der Waals surface area (Å²) in [4.78, 5) is 7.95. The van der Waals surface area contributed by atoms with E-state index in [0.717, 1.165) is 10.6 Å². The Bertz CT molecular complexity index is 517. The van der Waals surface area contributed by atoms with Crippen molar-refractivity contribution in [3.8, 4) is 0 Å². The van der Waals surface area contributed by atoms with Gasteiger partial charge in [0.15, 0.2) is 0 Å². The molecule has 0 bridgehead atoms. The normalized spacial score (nSPS) is 10.3. The van der Waals surface area contributed by atoms with E-state index in [2.05, 4.69) is 31.2 Å². The Morgan fingerprint density at radius 2 is 1.82 bits per heavy atom. The Morgan fingerprint density at radius 3 is 2.53 bits per heavy atom. The second kappa shape index (κ2) is 5.67. The summed E-state index contributed by atoms with van der Waals surface area (Å²) in [6.45, 7) is 0.642. The van der Waals surface area contributed by atoms with Crippen LogP contribution in [0, 0.1) is 0 Å². The highest BCUT2D eigenvalue weighted by Crippen LogP contribution is 2.26. The molecule has 0 aliphatic carbocycles. The quantitative estimate of drug-likeness (QED) is 0.858. The predicted molar refractivity (Wildman–Crippen MR) is 73.5 cm³/mol. The highest BCUT2D eigenvalue weighted by Gasteiger charge is 2.05. The molecule has 0 aliphatic heterocycles. The van der Waals surface area contributed by atoms with E-state index in [9.17, 15) is 0 Å². The topological polar surface area (TPSA) is 37.8 Å². The van der Waals surface area contributed by atoms with Gasteiger partial charge in [-0.05, 0) is 33.6 Å². The van der Waals surface area contributed by atoms with Crippen molar-refractivity contribution < 1.29 is 0 Å². The minimum Gasteiger partial charge on any atom is -0.365 e. The Morgan fingerprint density at radius 1 is 1.12 bits per heavy atom. The van der Waals surface area contributed by atoms with Gasteiger partial charge in [0.2, 0.25) is 0 Å². The molecule has 0 atom stereocenters. The number of hydrogen-bond donors (Lipinski definition) is 1. The summed E-state index contributed by atoms with van der Waals surface area (Å²) in [5.74, 6) is 0.667. The molecule has 0 spiro atoms. The van der Waals surface area contributed by atoms with Crippen molar-refractivity contribution in [1.29, 1.82) is 0 Å². The fourth-order valence-corrected chi connectivity index (χ4v) is 1.86. The summed E-state index contributed by atoms with van der Waals surface area (Å²) >= 11 is 15.0. The van der Waals surface area contributed by atoms with E-state index in [1.54, 1.807) is 0 Å². The first-order valence-corrected chi connectivity index (χ1v) is 6.36. The first kappa shape index (κ1) is 12.6. The van der Waals surface area contributed by atoms with Crippen LogP contribution in [0.3, 0.4) is 0 Å². The van der Waals surface area contributed by atoms with Crippen molar-refractivity contribution in [1.82, 2.24) is 9.97 Å². The van der Waals surface area contributed by atoms with Crippen LogP contribution in [0.4, 0.5) is 5.82 Å². The monoisotopic (exact) mass is 331 g/mol. The molecule has 1 aromatic heterocycles. The molecule has 17 heavy (non-hydrogen) atoms. The van der Waals surface area contributed by atoms with Crippen LogP contribution in [0.2, 0.25) is 10.2 Å². The molecule has 2 aromatic rings. The van der Waals surface area contributed by atoms with E-state index in [1.807, 2.05) is 24.3 Å². The van der Waals surface area contributed by atoms with Crippen molar-refractivity contribution in [2.45, 2.75) is 6.54 Å². The molecule has 1 N–H and O–H groups in total. The maximum absolute atomic E-state index is 5.86. The van der Waals surface area contributed by atoms with Gasteiger partial charge in [-0.2, -0.15) is 0 Å². The van der Waals surface area contributed by atoms with Crippen molar-refractivity contribution in [2.75, 3.05) is 5.32 Å². The number of anilines is 1. The largest absolute Gasteiger partial charge is 0.365 e. The molecule has 3 nitrogen and oxygen atoms in total. The maximum Gasteiger partial charge on any atom is 0.148 e. The van der Waals surface area contributed by atoms with Crippen LogP contribution in [-0.4, -0.2) is 9.97 Å². The Hall–Kier alpha value is -0.840. The van der Waals surface area contributed by atoms with Crippen molar-refractivity contribution in [3.63, 3.8) is 0 Å². The molecule has 0 amide bonds. The minimum absolute atomic E-state index is 0.388. The van der Waals surface area contributed by atoms with Gasteiger partial charge in [-0.25, -0.2) is 9.97 Å². The molecule has 2 rings (SSSR count). The summed E-state index contributed by atoms with van der Waals surface area (Å²) < 4.78 is 0.663. The zero-order valence-corrected chi connectivity index (χ0v) is 11.7. The third-order valence-corrected chi connectivity index (χ3v) is 3.64. The van der Waals surface area contributed by atoms with E-state index in [0.29, 0.717) is 22.0 Å². The first-order valence-electron chi connectivity index (χ1n) is 4.81. The van der Waals surface area contributed by atoms with Crippen LogP contribution in [-0.2, 0) is 6.54 Å². The summed E-state index contributed by atoms with van der Waals surface area (Å²) in [7, 11) is 0. The third kappa shape index (κ3) is 3.31. The molecule has 0 saturated heterocycles. The lowest BCUT2D eigenvalue weighted by Gasteiger charge is -2.07. The van der Waals surface area contributed by atoms with Crippen molar-refractivity contribution >= 4 is 44.9 Å². The van der Waals surface area contributed by atoms with E-state index >= 15 is 0 Å². The molecular formula is C11H8BrCl2N3. The van der Waals surface area contributed by atoms with Gasteiger partial charge in [0, 0.05) is 11.6 Å². The van der Waals surface area contributed by atoms with E-state index in [-0.39, 0.29) is 0 Å². The fourth-order valence-electron chi connectivity index (χ4n) is 1.26. The highest BCUT2D eigenvalue weighted by atomic mass is 79.9. The predicted octanol–water partition coefficient (Wildman–Crippen LogP) is 4.16. The van der Waals surface area contributed by atoms with Gasteiger partial charge < -0.3 is 5.32 Å². The van der Waals surface area contributed by atoms with Crippen molar-refractivity contribution in [3.05, 3.63) is 50.8 Å². The van der Waals surface area contributed by atoms with E-state index in [4.69, 9.17) is 23.2 Å². The van der Waals surface area contributed by atoms with Crippen molar-refractivity contribution in [2.24, 2.45) is 0 Å². The molecule has 0 radical (unpaired) electrons. The van der Waals surface area contributed by atoms with Crippen LogP contribution in [0.15, 0.2) is 35.1 Å². The van der Waals surface area contributed by atoms with Gasteiger partial charge in [-0.1, -0.05) is 35.3 Å². The molecule has 1 aromatic carbocycles. The van der Waals surface area contributed by atoms with Gasteiger partial charge in [0.05, 0.1) is 4.47 Å². The molecule has 6 heteroatoms. The zero-order chi connectivity index (χ0) is 12.3. The summed E-state index contributed by atoms with van der Waals surface area (Å²) in [5, 5.41) is 4.27. The fraction of sp³-hybridized carbons (Fsp3) is 0.0909. The minimum atomic E-state index is 0.388. The molecule has 88 valence electrons. The third-order valence-electron chi connectivity index (χ3n) is 2.12. The van der Waals surface area contributed by atoms with Crippen LogP contribution >= 0.6 is 39.1 Å². The number of halogens is 3. The summed E-state index contributed by atoms with van der Waals surface area (Å²) in [6.07, 6.45) is 1.41. The maximum atomic E-state index is 5.86. The smallest absolute Gasteiger partial charge is 0.148 e. The van der Waals surface area contributed by atoms with Crippen LogP contribution in [0.25, 0.3) is 0 Å². The second-order valence-electron chi connectivity index (χ2n) is 3.31. The Labute approximate surface area is 117 Å². The van der Waals surface area contributed by atoms with Gasteiger partial charge in [0.25, 0.3) is 0 Å². The average molecular weight is 333 g/mol. The Kier molecular flexibility index (Phi) is 4.20. The van der Waals surface area contributed by atoms with Gasteiger partial charge >= 0.3 is 0 Å². The molecule has 1 heterocycles. The molecule has 0 unspecified atom stereocenters. The standard InChI is InChI=1S/C11H8BrCl2N3/c12-9-10(14)16-6-17-11(9)15-5-7-1-3-8(13)4-2-7/h1-4,6H,5H2,(H,15,16,17). The first-order chi connectivity index (χ1) is 8.16. The summed E-state index contributed by atoms with van der Waals surface area (Å²) in [6, 6.07) is 7.60. The number of rotatable bonds is 3. The number of aromatic nitrogens is 2. The van der Waals surface area contributed by atoms with Crippen LogP contribution < -0.4 is 5.32 Å². The lowest BCUT2D eigenvalue weighted by Crippen LogP contribution is -2.02. The number of nitrogens with one attached hydrogen (secondary N) is 1. The lowest BCUT2D eigenvalue weighted by molar-refractivity contribution is 1.07. The zero-order valence-electron chi connectivity index (χ0n) is 8.62. The van der Waals surface area contributed by atoms with Gasteiger partial charge in [-0.15, -0.1) is 0 Å². The van der Waals surface area contributed by atoms with E-state index in [1.165, 1.54) is 6.33 Å². The number of benzene rings is 1. The number of nitrogens with zero attached hydrogens (tertiary/aromatic N) is 2. The molecule has 0 fully saturated rings. The molecular weight excluding hydrogens is 325 g/mol. The van der Waals surface area contributed by atoms with E-state index < -0.39 is 0 Å². The SMILES string of the molecule is Clc1ccc(CNc2ncnc(Cl)c2Br)cc1. The lowest BCUT2D eigenvalue weighted by atomic mass is 10.2. The van der Waals surface area contributed by atoms with Gasteiger partial charge in [-0.3, -0.25) is 0 Å². The molecule has 0 aliphatic rings. The Balaban J connectivity index is 2.07. The average Bonchev–Trinajstić information content (AvgIpc) is 2.33. The number of hydrogen-bond acceptors (Lipinski definition) is 3. The highest BCUT2D eigenvalue weighted by molar-refractivity contribution is 9.10. The second-order valence-corrected chi connectivity index (χ2v) is 4.89.